The molecule has 2 aromatic carbocycles. The minimum absolute atomic E-state index is 0.0247. The molecule has 3 heteroatoms. The molecule has 0 N–H and O–H groups in total. The van der Waals surface area contributed by atoms with Gasteiger partial charge in [-0.2, -0.15) is 0 Å². The number of para-hydroxylation sites is 1. The normalized spacial score (nSPS) is 13.1. The average Bonchev–Trinajstić information content (AvgIpc) is 2.72. The lowest BCUT2D eigenvalue weighted by Gasteiger charge is -2.18. The molecule has 0 aliphatic carbocycles. The van der Waals surface area contributed by atoms with Crippen molar-refractivity contribution >= 4 is 5.97 Å². The third-order valence-corrected chi connectivity index (χ3v) is 5.17. The fourth-order valence-corrected chi connectivity index (χ4v) is 3.39. The van der Waals surface area contributed by atoms with Crippen molar-refractivity contribution in [3.63, 3.8) is 0 Å². The minimum Gasteiger partial charge on any atom is -0.423 e. The fraction of sp³-hybridized carbons (Fsp3) is 0.480. The smallest absolute Gasteiger partial charge is 0.343 e. The molecule has 0 amide bonds. The topological polar surface area (TPSA) is 35.5 Å². The summed E-state index contributed by atoms with van der Waals surface area (Å²) in [5, 5.41) is 0. The van der Waals surface area contributed by atoms with Crippen molar-refractivity contribution < 1.29 is 14.3 Å². The van der Waals surface area contributed by atoms with Crippen LogP contribution >= 0.6 is 0 Å². The Labute approximate surface area is 170 Å². The van der Waals surface area contributed by atoms with Gasteiger partial charge < -0.3 is 9.47 Å². The van der Waals surface area contributed by atoms with E-state index in [1.807, 2.05) is 49.4 Å². The largest absolute Gasteiger partial charge is 0.423 e. The van der Waals surface area contributed by atoms with E-state index >= 15 is 0 Å². The van der Waals surface area contributed by atoms with Gasteiger partial charge in [-0.1, -0.05) is 63.9 Å². The number of carbonyl (C=O) groups excluding carboxylic acids is 1. The Bertz CT molecular complexity index is 721. The molecule has 28 heavy (non-hydrogen) atoms. The number of ether oxygens (including phenoxy) is 2. The summed E-state index contributed by atoms with van der Waals surface area (Å²) in [7, 11) is 0. The first-order chi connectivity index (χ1) is 13.6. The zero-order chi connectivity index (χ0) is 20.4. The molecule has 0 aliphatic heterocycles. The highest BCUT2D eigenvalue weighted by molar-refractivity contribution is 5.91. The quantitative estimate of drug-likeness (QED) is 0.237. The SMILES string of the molecule is CCCCOC(C)c1ccc(C(=O)Oc2ccccc2C(CC)CCC)cc1. The third-order valence-electron chi connectivity index (χ3n) is 5.17. The molecule has 0 heterocycles. The molecule has 2 rings (SSSR count). The number of benzene rings is 2. The van der Waals surface area contributed by atoms with E-state index in [2.05, 4.69) is 26.8 Å². The molecule has 2 aromatic rings. The van der Waals surface area contributed by atoms with Gasteiger partial charge >= 0.3 is 5.97 Å². The predicted octanol–water partition coefficient (Wildman–Crippen LogP) is 7.08. The van der Waals surface area contributed by atoms with E-state index < -0.39 is 0 Å². The number of hydrogen-bond acceptors (Lipinski definition) is 3. The summed E-state index contributed by atoms with van der Waals surface area (Å²) in [6.07, 6.45) is 5.45. The van der Waals surface area contributed by atoms with Crippen LogP contribution in [0.1, 0.15) is 93.3 Å². The first-order valence-corrected chi connectivity index (χ1v) is 10.6. The Morgan fingerprint density at radius 2 is 1.68 bits per heavy atom. The summed E-state index contributed by atoms with van der Waals surface area (Å²) in [4.78, 5) is 12.7. The number of esters is 1. The monoisotopic (exact) mass is 382 g/mol. The van der Waals surface area contributed by atoms with Gasteiger partial charge in [0, 0.05) is 6.61 Å². The summed E-state index contributed by atoms with van der Waals surface area (Å²) >= 11 is 0. The second kappa shape index (κ2) is 11.7. The third kappa shape index (κ3) is 6.20. The van der Waals surface area contributed by atoms with Crippen LogP contribution in [0.4, 0.5) is 0 Å². The van der Waals surface area contributed by atoms with Crippen LogP contribution in [0.5, 0.6) is 5.75 Å². The lowest BCUT2D eigenvalue weighted by atomic mass is 9.91. The summed E-state index contributed by atoms with van der Waals surface area (Å²) in [6.45, 7) is 9.32. The molecule has 2 atom stereocenters. The van der Waals surface area contributed by atoms with Crippen LogP contribution in [0.15, 0.2) is 48.5 Å². The number of rotatable bonds is 11. The Hall–Kier alpha value is -2.13. The van der Waals surface area contributed by atoms with E-state index in [4.69, 9.17) is 9.47 Å². The molecule has 0 fully saturated rings. The summed E-state index contributed by atoms with van der Waals surface area (Å²) in [6, 6.07) is 15.4. The molecule has 0 aromatic heterocycles. The van der Waals surface area contributed by atoms with Crippen LogP contribution in [0.3, 0.4) is 0 Å². The van der Waals surface area contributed by atoms with Crippen molar-refractivity contribution in [3.8, 4) is 5.75 Å². The summed E-state index contributed by atoms with van der Waals surface area (Å²) in [5.41, 5.74) is 2.75. The molecular formula is C25H34O3. The van der Waals surface area contributed by atoms with Crippen molar-refractivity contribution in [2.75, 3.05) is 6.61 Å². The standard InChI is InChI=1S/C25H34O3/c1-5-8-18-27-19(4)21-14-16-22(17-15-21)25(26)28-24-13-10-9-12-23(24)20(7-3)11-6-2/h9-10,12-17,19-20H,5-8,11,18H2,1-4H3. The van der Waals surface area contributed by atoms with Crippen molar-refractivity contribution in [1.29, 1.82) is 0 Å². The van der Waals surface area contributed by atoms with Crippen molar-refractivity contribution in [2.45, 2.75) is 71.8 Å². The molecule has 3 nitrogen and oxygen atoms in total. The van der Waals surface area contributed by atoms with E-state index in [0.29, 0.717) is 17.2 Å². The zero-order valence-corrected chi connectivity index (χ0v) is 17.7. The van der Waals surface area contributed by atoms with Crippen LogP contribution in [-0.4, -0.2) is 12.6 Å². The van der Waals surface area contributed by atoms with Gasteiger partial charge in [-0.15, -0.1) is 0 Å². The molecule has 0 saturated carbocycles. The molecule has 0 bridgehead atoms. The second-order valence-corrected chi connectivity index (χ2v) is 7.31. The van der Waals surface area contributed by atoms with Crippen LogP contribution in [0, 0.1) is 0 Å². The Morgan fingerprint density at radius 3 is 2.32 bits per heavy atom. The number of hydrogen-bond donors (Lipinski definition) is 0. The maximum atomic E-state index is 12.7. The highest BCUT2D eigenvalue weighted by Crippen LogP contribution is 2.32. The van der Waals surface area contributed by atoms with Crippen LogP contribution < -0.4 is 4.74 Å². The fourth-order valence-electron chi connectivity index (χ4n) is 3.39. The van der Waals surface area contributed by atoms with E-state index in [1.165, 1.54) is 0 Å². The number of unbranched alkanes of at least 4 members (excludes halogenated alkanes) is 1. The highest BCUT2D eigenvalue weighted by Gasteiger charge is 2.17. The van der Waals surface area contributed by atoms with Gasteiger partial charge in [0.05, 0.1) is 11.7 Å². The Balaban J connectivity index is 2.07. The van der Waals surface area contributed by atoms with Crippen LogP contribution in [-0.2, 0) is 4.74 Å². The molecule has 0 radical (unpaired) electrons. The van der Waals surface area contributed by atoms with Gasteiger partial charge in [0.25, 0.3) is 0 Å². The van der Waals surface area contributed by atoms with Crippen LogP contribution in [0.2, 0.25) is 0 Å². The minimum atomic E-state index is -0.315. The van der Waals surface area contributed by atoms with Crippen molar-refractivity contribution in [2.24, 2.45) is 0 Å². The summed E-state index contributed by atoms with van der Waals surface area (Å²) < 4.78 is 11.6. The molecule has 0 spiro atoms. The lowest BCUT2D eigenvalue weighted by Crippen LogP contribution is -2.11. The van der Waals surface area contributed by atoms with Gasteiger partial charge in [0.2, 0.25) is 0 Å². The zero-order valence-electron chi connectivity index (χ0n) is 17.7. The van der Waals surface area contributed by atoms with Gasteiger partial charge in [-0.05, 0) is 61.4 Å². The van der Waals surface area contributed by atoms with Gasteiger partial charge in [0.1, 0.15) is 5.75 Å². The maximum absolute atomic E-state index is 12.7. The van der Waals surface area contributed by atoms with Crippen molar-refractivity contribution in [1.82, 2.24) is 0 Å². The molecule has 2 unspecified atom stereocenters. The average molecular weight is 383 g/mol. The molecule has 0 aliphatic rings. The van der Waals surface area contributed by atoms with Gasteiger partial charge in [0.15, 0.2) is 0 Å². The summed E-state index contributed by atoms with van der Waals surface area (Å²) in [5.74, 6) is 0.774. The lowest BCUT2D eigenvalue weighted by molar-refractivity contribution is 0.0635. The van der Waals surface area contributed by atoms with Crippen molar-refractivity contribution in [3.05, 3.63) is 65.2 Å². The Morgan fingerprint density at radius 1 is 0.964 bits per heavy atom. The first-order valence-electron chi connectivity index (χ1n) is 10.6. The van der Waals surface area contributed by atoms with Crippen LogP contribution in [0.25, 0.3) is 0 Å². The second-order valence-electron chi connectivity index (χ2n) is 7.31. The molecule has 152 valence electrons. The molecular weight excluding hydrogens is 348 g/mol. The predicted molar refractivity (Wildman–Crippen MR) is 115 cm³/mol. The maximum Gasteiger partial charge on any atom is 0.343 e. The Kier molecular flexibility index (Phi) is 9.22. The van der Waals surface area contributed by atoms with Gasteiger partial charge in [-0.3, -0.25) is 0 Å². The molecule has 0 saturated heterocycles. The van der Waals surface area contributed by atoms with Gasteiger partial charge in [-0.25, -0.2) is 4.79 Å². The van der Waals surface area contributed by atoms with E-state index in [0.717, 1.165) is 49.8 Å². The number of carbonyl (C=O) groups is 1. The van der Waals surface area contributed by atoms with E-state index in [9.17, 15) is 4.79 Å². The first kappa shape index (κ1) is 22.2. The highest BCUT2D eigenvalue weighted by atomic mass is 16.5. The van der Waals surface area contributed by atoms with E-state index in [-0.39, 0.29) is 12.1 Å². The van der Waals surface area contributed by atoms with E-state index in [1.54, 1.807) is 0 Å².